The summed E-state index contributed by atoms with van der Waals surface area (Å²) in [4.78, 5) is 22.3. The molecule has 5 nitrogen and oxygen atoms in total. The molecule has 0 aliphatic heterocycles. The second-order valence-electron chi connectivity index (χ2n) is 4.93. The Morgan fingerprint density at radius 3 is 2.80 bits per heavy atom. The number of rotatable bonds is 5. The van der Waals surface area contributed by atoms with E-state index in [0.717, 1.165) is 16.7 Å². The summed E-state index contributed by atoms with van der Waals surface area (Å²) in [5, 5.41) is 18.8. The minimum absolute atomic E-state index is 0.0721. The highest BCUT2D eigenvalue weighted by atomic mass is 16.5. The van der Waals surface area contributed by atoms with E-state index in [0.29, 0.717) is 19.4 Å². The molecular formula is C15H18O5. The van der Waals surface area contributed by atoms with Gasteiger partial charge in [-0.25, -0.2) is 0 Å². The molecule has 5 heteroatoms. The van der Waals surface area contributed by atoms with Crippen LogP contribution in [-0.4, -0.2) is 28.8 Å². The zero-order valence-electron chi connectivity index (χ0n) is 11.3. The largest absolute Gasteiger partial charge is 0.481 e. The fraction of sp³-hybridized carbons (Fsp3) is 0.467. The third-order valence-electron chi connectivity index (χ3n) is 3.56. The number of aliphatic hydroxyl groups excluding tert-OH is 1. The monoisotopic (exact) mass is 278 g/mol. The molecule has 0 aromatic heterocycles. The number of carboxylic acid groups (broad SMARTS) is 1. The van der Waals surface area contributed by atoms with E-state index in [1.807, 2.05) is 6.07 Å². The van der Waals surface area contributed by atoms with Crippen molar-refractivity contribution in [3.63, 3.8) is 0 Å². The number of ether oxygens (including phenoxy) is 1. The molecule has 0 saturated carbocycles. The molecule has 20 heavy (non-hydrogen) atoms. The van der Waals surface area contributed by atoms with Gasteiger partial charge in [0.2, 0.25) is 0 Å². The smallest absolute Gasteiger partial charge is 0.312 e. The third kappa shape index (κ3) is 2.99. The number of hydrogen-bond donors (Lipinski definition) is 2. The summed E-state index contributed by atoms with van der Waals surface area (Å²) in [5.74, 6) is -1.78. The van der Waals surface area contributed by atoms with E-state index < -0.39 is 18.0 Å². The van der Waals surface area contributed by atoms with Crippen LogP contribution < -0.4 is 0 Å². The first-order valence-corrected chi connectivity index (χ1v) is 6.71. The molecule has 0 fully saturated rings. The first kappa shape index (κ1) is 14.5. The fourth-order valence-corrected chi connectivity index (χ4v) is 2.56. The van der Waals surface area contributed by atoms with Crippen LogP contribution in [0.5, 0.6) is 0 Å². The van der Waals surface area contributed by atoms with Gasteiger partial charge in [0, 0.05) is 6.42 Å². The van der Waals surface area contributed by atoms with Gasteiger partial charge in [0.05, 0.1) is 18.6 Å². The Morgan fingerprint density at radius 1 is 1.40 bits per heavy atom. The normalized spacial score (nSPS) is 20.5. The number of carboxylic acids is 1. The van der Waals surface area contributed by atoms with Gasteiger partial charge in [-0.3, -0.25) is 9.59 Å². The first-order chi connectivity index (χ1) is 9.52. The van der Waals surface area contributed by atoms with E-state index >= 15 is 0 Å². The van der Waals surface area contributed by atoms with Gasteiger partial charge in [0.25, 0.3) is 0 Å². The zero-order valence-corrected chi connectivity index (χ0v) is 11.3. The predicted octanol–water partition coefficient (Wildman–Crippen LogP) is 1.47. The molecule has 1 aromatic rings. The number of esters is 1. The minimum Gasteiger partial charge on any atom is -0.481 e. The lowest BCUT2D eigenvalue weighted by molar-refractivity contribution is -0.151. The summed E-state index contributed by atoms with van der Waals surface area (Å²) in [7, 11) is 0. The van der Waals surface area contributed by atoms with Gasteiger partial charge in [-0.05, 0) is 36.5 Å². The van der Waals surface area contributed by atoms with Gasteiger partial charge in [-0.1, -0.05) is 18.2 Å². The summed E-state index contributed by atoms with van der Waals surface area (Å²) in [6, 6.07) is 5.45. The van der Waals surface area contributed by atoms with Gasteiger partial charge >= 0.3 is 11.9 Å². The second-order valence-corrected chi connectivity index (χ2v) is 4.93. The van der Waals surface area contributed by atoms with Gasteiger partial charge in [0.1, 0.15) is 0 Å². The molecule has 0 radical (unpaired) electrons. The maximum Gasteiger partial charge on any atom is 0.312 e. The van der Waals surface area contributed by atoms with E-state index in [1.165, 1.54) is 0 Å². The lowest BCUT2D eigenvalue weighted by Gasteiger charge is -2.13. The van der Waals surface area contributed by atoms with Crippen molar-refractivity contribution in [2.45, 2.75) is 32.3 Å². The quantitative estimate of drug-likeness (QED) is 0.797. The van der Waals surface area contributed by atoms with Crippen LogP contribution in [0.4, 0.5) is 0 Å². The van der Waals surface area contributed by atoms with Crippen molar-refractivity contribution in [2.24, 2.45) is 5.92 Å². The van der Waals surface area contributed by atoms with Crippen molar-refractivity contribution < 1.29 is 24.5 Å². The van der Waals surface area contributed by atoms with E-state index in [9.17, 15) is 14.7 Å². The summed E-state index contributed by atoms with van der Waals surface area (Å²) < 4.78 is 4.96. The van der Waals surface area contributed by atoms with Crippen LogP contribution in [0.25, 0.3) is 0 Å². The van der Waals surface area contributed by atoms with Gasteiger partial charge in [-0.2, -0.15) is 0 Å². The predicted molar refractivity (Wildman–Crippen MR) is 71.2 cm³/mol. The molecule has 0 spiro atoms. The molecule has 0 heterocycles. The van der Waals surface area contributed by atoms with E-state index in [2.05, 4.69) is 0 Å². The Kier molecular flexibility index (Phi) is 4.39. The zero-order chi connectivity index (χ0) is 14.7. The SMILES string of the molecule is CCOC(=O)[C@@H]1Cc2cc(CCC(=O)O)ccc2[C@H]1O. The lowest BCUT2D eigenvalue weighted by atomic mass is 10.0. The average molecular weight is 278 g/mol. The average Bonchev–Trinajstić information content (AvgIpc) is 2.74. The number of aliphatic hydroxyl groups is 1. The number of carbonyl (C=O) groups excluding carboxylic acids is 1. The van der Waals surface area contributed by atoms with Gasteiger partial charge < -0.3 is 14.9 Å². The molecule has 108 valence electrons. The Bertz CT molecular complexity index is 523. The lowest BCUT2D eigenvalue weighted by Crippen LogP contribution is -2.21. The number of carbonyl (C=O) groups is 2. The molecule has 0 bridgehead atoms. The van der Waals surface area contributed by atoms with Crippen LogP contribution >= 0.6 is 0 Å². The van der Waals surface area contributed by atoms with Crippen LogP contribution in [0.15, 0.2) is 18.2 Å². The molecule has 0 saturated heterocycles. The highest BCUT2D eigenvalue weighted by Gasteiger charge is 2.37. The second kappa shape index (κ2) is 6.05. The standard InChI is InChI=1S/C15H18O5/c1-2-20-15(19)12-8-10-7-9(4-6-13(16)17)3-5-11(10)14(12)18/h3,5,7,12,14,18H,2,4,6,8H2,1H3,(H,16,17)/t12-,14-/m1/s1. The minimum atomic E-state index is -0.838. The number of hydrogen-bond acceptors (Lipinski definition) is 4. The third-order valence-corrected chi connectivity index (χ3v) is 3.56. The van der Waals surface area contributed by atoms with Crippen LogP contribution in [0.1, 0.15) is 36.1 Å². The molecule has 2 rings (SSSR count). The number of benzene rings is 1. The molecule has 0 amide bonds. The van der Waals surface area contributed by atoms with Crippen molar-refractivity contribution >= 4 is 11.9 Å². The van der Waals surface area contributed by atoms with Crippen molar-refractivity contribution in [1.82, 2.24) is 0 Å². The summed E-state index contributed by atoms with van der Waals surface area (Å²) in [6.07, 6.45) is 0.124. The Balaban J connectivity index is 2.12. The Morgan fingerprint density at radius 2 is 2.15 bits per heavy atom. The van der Waals surface area contributed by atoms with Crippen molar-refractivity contribution in [1.29, 1.82) is 0 Å². The Labute approximate surface area is 117 Å². The molecule has 1 aromatic carbocycles. The molecule has 1 aliphatic rings. The summed E-state index contributed by atoms with van der Waals surface area (Å²) in [5.41, 5.74) is 2.54. The molecule has 1 aliphatic carbocycles. The molecule has 0 unspecified atom stereocenters. The van der Waals surface area contributed by atoms with E-state index in [4.69, 9.17) is 9.84 Å². The highest BCUT2D eigenvalue weighted by molar-refractivity contribution is 5.75. The van der Waals surface area contributed by atoms with Crippen LogP contribution in [0.3, 0.4) is 0 Å². The topological polar surface area (TPSA) is 83.8 Å². The summed E-state index contributed by atoms with van der Waals surface area (Å²) >= 11 is 0. The maximum absolute atomic E-state index is 11.8. The van der Waals surface area contributed by atoms with Crippen molar-refractivity contribution in [3.8, 4) is 0 Å². The fourth-order valence-electron chi connectivity index (χ4n) is 2.56. The Hall–Kier alpha value is -1.88. The highest BCUT2D eigenvalue weighted by Crippen LogP contribution is 2.37. The van der Waals surface area contributed by atoms with Gasteiger partial charge in [-0.15, -0.1) is 0 Å². The van der Waals surface area contributed by atoms with E-state index in [1.54, 1.807) is 19.1 Å². The number of fused-ring (bicyclic) bond motifs is 1. The molecule has 2 N–H and O–H groups in total. The van der Waals surface area contributed by atoms with Crippen molar-refractivity contribution in [3.05, 3.63) is 34.9 Å². The maximum atomic E-state index is 11.8. The summed E-state index contributed by atoms with van der Waals surface area (Å²) in [6.45, 7) is 2.03. The van der Waals surface area contributed by atoms with Gasteiger partial charge in [0.15, 0.2) is 0 Å². The molecular weight excluding hydrogens is 260 g/mol. The van der Waals surface area contributed by atoms with Crippen LogP contribution in [0.2, 0.25) is 0 Å². The van der Waals surface area contributed by atoms with Crippen LogP contribution in [-0.2, 0) is 27.2 Å². The van der Waals surface area contributed by atoms with Crippen LogP contribution in [0, 0.1) is 5.92 Å². The van der Waals surface area contributed by atoms with E-state index in [-0.39, 0.29) is 12.4 Å². The van der Waals surface area contributed by atoms with Crippen molar-refractivity contribution in [2.75, 3.05) is 6.61 Å². The number of aryl methyl sites for hydroxylation is 1. The number of aliphatic carboxylic acids is 1. The first-order valence-electron chi connectivity index (χ1n) is 6.71. The molecule has 2 atom stereocenters.